The van der Waals surface area contributed by atoms with E-state index in [9.17, 15) is 18.0 Å². The number of pyridine rings is 1. The molecule has 0 radical (unpaired) electrons. The summed E-state index contributed by atoms with van der Waals surface area (Å²) in [5.74, 6) is 5.51. The van der Waals surface area contributed by atoms with E-state index in [0.29, 0.717) is 22.5 Å². The standard InChI is InChI=1S/C27H19F3N6O/c1-16-3-5-20(8-19(16)6-4-18-7-24-25(31-12-18)33-14-32-24)26(37)35-22-9-21(27(28,29)30)10-23(11-22)36-13-17(2)34-15-36/h3,5,7-15H,1-2H3,(H,35,37)(H,31,32,33). The SMILES string of the molecule is Cc1cn(-c2cc(NC(=O)c3ccc(C)c(C#Cc4cnc5nc[nH]c5c4)c3)cc(C(F)(F)F)c2)cn1. The molecule has 0 spiro atoms. The van der Waals surface area contributed by atoms with E-state index >= 15 is 0 Å². The largest absolute Gasteiger partial charge is 0.416 e. The summed E-state index contributed by atoms with van der Waals surface area (Å²) in [6.45, 7) is 3.59. The summed E-state index contributed by atoms with van der Waals surface area (Å²) >= 11 is 0. The Kier molecular flexibility index (Phi) is 5.97. The van der Waals surface area contributed by atoms with E-state index in [1.165, 1.54) is 17.0 Å². The van der Waals surface area contributed by atoms with Crippen LogP contribution in [0.5, 0.6) is 0 Å². The van der Waals surface area contributed by atoms with Gasteiger partial charge < -0.3 is 14.9 Å². The third kappa shape index (κ3) is 5.21. The van der Waals surface area contributed by atoms with Gasteiger partial charge in [0.2, 0.25) is 0 Å². The van der Waals surface area contributed by atoms with Crippen molar-refractivity contribution >= 4 is 22.8 Å². The van der Waals surface area contributed by atoms with Gasteiger partial charge in [-0.2, -0.15) is 13.2 Å². The van der Waals surface area contributed by atoms with Gasteiger partial charge in [-0.25, -0.2) is 15.0 Å². The molecule has 10 heteroatoms. The number of aromatic nitrogens is 5. The number of rotatable bonds is 3. The van der Waals surface area contributed by atoms with Gasteiger partial charge in [-0.1, -0.05) is 17.9 Å². The molecule has 5 rings (SSSR count). The van der Waals surface area contributed by atoms with Gasteiger partial charge in [-0.3, -0.25) is 4.79 Å². The van der Waals surface area contributed by atoms with E-state index in [2.05, 4.69) is 37.1 Å². The topological polar surface area (TPSA) is 88.5 Å². The van der Waals surface area contributed by atoms with Gasteiger partial charge >= 0.3 is 6.18 Å². The van der Waals surface area contributed by atoms with E-state index in [1.807, 2.05) is 13.0 Å². The molecule has 3 heterocycles. The Morgan fingerprint density at radius 3 is 2.62 bits per heavy atom. The number of halogens is 3. The van der Waals surface area contributed by atoms with Crippen LogP contribution in [0.15, 0.2) is 67.5 Å². The normalized spacial score (nSPS) is 11.3. The van der Waals surface area contributed by atoms with Gasteiger partial charge in [0.25, 0.3) is 5.91 Å². The van der Waals surface area contributed by atoms with Crippen molar-refractivity contribution < 1.29 is 18.0 Å². The zero-order valence-electron chi connectivity index (χ0n) is 19.7. The quantitative estimate of drug-likeness (QED) is 0.323. The van der Waals surface area contributed by atoms with Crippen LogP contribution in [0.1, 0.15) is 38.3 Å². The monoisotopic (exact) mass is 500 g/mol. The van der Waals surface area contributed by atoms with Crippen molar-refractivity contribution in [2.24, 2.45) is 0 Å². The van der Waals surface area contributed by atoms with Crippen molar-refractivity contribution in [3.8, 4) is 17.5 Å². The summed E-state index contributed by atoms with van der Waals surface area (Å²) in [5, 5.41) is 2.58. The molecule has 2 N–H and O–H groups in total. The number of anilines is 1. The Morgan fingerprint density at radius 2 is 1.86 bits per heavy atom. The molecule has 0 aliphatic heterocycles. The molecule has 7 nitrogen and oxygen atoms in total. The maximum atomic E-state index is 13.6. The van der Waals surface area contributed by atoms with Gasteiger partial charge in [0, 0.05) is 40.5 Å². The lowest BCUT2D eigenvalue weighted by atomic mass is 10.0. The molecule has 184 valence electrons. The second-order valence-corrected chi connectivity index (χ2v) is 8.42. The first-order valence-electron chi connectivity index (χ1n) is 11.1. The average molecular weight is 500 g/mol. The Morgan fingerprint density at radius 1 is 1.03 bits per heavy atom. The summed E-state index contributed by atoms with van der Waals surface area (Å²) in [6.07, 6.45) is 1.58. The summed E-state index contributed by atoms with van der Waals surface area (Å²) < 4.78 is 42.1. The number of carbonyl (C=O) groups is 1. The van der Waals surface area contributed by atoms with Gasteiger partial charge in [0.1, 0.15) is 0 Å². The molecule has 2 aromatic carbocycles. The van der Waals surface area contributed by atoms with Crippen LogP contribution < -0.4 is 5.32 Å². The zero-order valence-corrected chi connectivity index (χ0v) is 19.7. The smallest absolute Gasteiger partial charge is 0.343 e. The summed E-state index contributed by atoms with van der Waals surface area (Å²) in [6, 6.07) is 10.1. The molecular weight excluding hydrogens is 481 g/mol. The van der Waals surface area contributed by atoms with Crippen LogP contribution in [-0.2, 0) is 6.18 Å². The number of amides is 1. The summed E-state index contributed by atoms with van der Waals surface area (Å²) in [4.78, 5) is 28.3. The number of hydrogen-bond acceptors (Lipinski definition) is 4. The number of imidazole rings is 2. The van der Waals surface area contributed by atoms with E-state index in [1.54, 1.807) is 43.8 Å². The van der Waals surface area contributed by atoms with Gasteiger partial charge in [0.05, 0.1) is 29.4 Å². The molecule has 3 aromatic heterocycles. The van der Waals surface area contributed by atoms with Crippen LogP contribution in [-0.4, -0.2) is 30.4 Å². The number of alkyl halides is 3. The molecule has 0 aliphatic carbocycles. The number of H-pyrrole nitrogens is 1. The Hall–Kier alpha value is -4.91. The Labute approximate surface area is 209 Å². The number of benzene rings is 2. The van der Waals surface area contributed by atoms with Crippen LogP contribution in [0.25, 0.3) is 16.9 Å². The lowest BCUT2D eigenvalue weighted by molar-refractivity contribution is -0.137. The molecule has 0 saturated carbocycles. The number of aromatic amines is 1. The first-order chi connectivity index (χ1) is 17.7. The minimum Gasteiger partial charge on any atom is -0.343 e. The van der Waals surface area contributed by atoms with Crippen molar-refractivity contribution in [1.29, 1.82) is 0 Å². The number of nitrogens with zero attached hydrogens (tertiary/aromatic N) is 4. The highest BCUT2D eigenvalue weighted by atomic mass is 19.4. The lowest BCUT2D eigenvalue weighted by Gasteiger charge is -2.14. The fourth-order valence-corrected chi connectivity index (χ4v) is 3.70. The third-order valence-electron chi connectivity index (χ3n) is 5.63. The van der Waals surface area contributed by atoms with E-state index in [4.69, 9.17) is 0 Å². The maximum absolute atomic E-state index is 13.6. The minimum absolute atomic E-state index is 0.00771. The highest BCUT2D eigenvalue weighted by Gasteiger charge is 2.31. The average Bonchev–Trinajstić information content (AvgIpc) is 3.51. The predicted octanol–water partition coefficient (Wildman–Crippen LogP) is 5.43. The molecule has 0 fully saturated rings. The fraction of sp³-hybridized carbons (Fsp3) is 0.111. The predicted molar refractivity (Wildman–Crippen MR) is 132 cm³/mol. The fourth-order valence-electron chi connectivity index (χ4n) is 3.70. The summed E-state index contributed by atoms with van der Waals surface area (Å²) in [5.41, 5.74) is 3.71. The highest BCUT2D eigenvalue weighted by molar-refractivity contribution is 6.04. The van der Waals surface area contributed by atoms with Gasteiger partial charge in [0.15, 0.2) is 5.65 Å². The van der Waals surface area contributed by atoms with E-state index < -0.39 is 17.6 Å². The zero-order chi connectivity index (χ0) is 26.2. The molecule has 0 aliphatic rings. The van der Waals surface area contributed by atoms with E-state index in [0.717, 1.165) is 23.2 Å². The van der Waals surface area contributed by atoms with Gasteiger partial charge in [-0.15, -0.1) is 0 Å². The van der Waals surface area contributed by atoms with Crippen LogP contribution in [0.4, 0.5) is 18.9 Å². The maximum Gasteiger partial charge on any atom is 0.416 e. The summed E-state index contributed by atoms with van der Waals surface area (Å²) in [7, 11) is 0. The second kappa shape index (κ2) is 9.28. The van der Waals surface area contributed by atoms with Crippen molar-refractivity contribution in [2.75, 3.05) is 5.32 Å². The molecule has 0 bridgehead atoms. The van der Waals surface area contributed by atoms with Crippen molar-refractivity contribution in [2.45, 2.75) is 20.0 Å². The van der Waals surface area contributed by atoms with Gasteiger partial charge in [-0.05, 0) is 55.8 Å². The second-order valence-electron chi connectivity index (χ2n) is 8.42. The van der Waals surface area contributed by atoms with Crippen LogP contribution >= 0.6 is 0 Å². The first kappa shape index (κ1) is 23.8. The number of fused-ring (bicyclic) bond motifs is 1. The first-order valence-corrected chi connectivity index (χ1v) is 11.1. The Balaban J connectivity index is 1.43. The molecule has 0 saturated heterocycles. The van der Waals surface area contributed by atoms with Crippen LogP contribution in [0, 0.1) is 25.7 Å². The lowest BCUT2D eigenvalue weighted by Crippen LogP contribution is -2.14. The number of nitrogens with one attached hydrogen (secondary N) is 2. The number of hydrogen-bond donors (Lipinski definition) is 2. The third-order valence-corrected chi connectivity index (χ3v) is 5.63. The molecule has 5 aromatic rings. The molecular formula is C27H19F3N6O. The van der Waals surface area contributed by atoms with Crippen molar-refractivity contribution in [1.82, 2.24) is 24.5 Å². The minimum atomic E-state index is -4.59. The number of carbonyl (C=O) groups excluding carboxylic acids is 1. The molecule has 37 heavy (non-hydrogen) atoms. The molecule has 1 amide bonds. The molecule has 0 atom stereocenters. The Bertz CT molecular complexity index is 1700. The van der Waals surface area contributed by atoms with Crippen molar-refractivity contribution in [3.05, 3.63) is 101 Å². The van der Waals surface area contributed by atoms with Crippen LogP contribution in [0.2, 0.25) is 0 Å². The highest BCUT2D eigenvalue weighted by Crippen LogP contribution is 2.33. The van der Waals surface area contributed by atoms with Crippen molar-refractivity contribution in [3.63, 3.8) is 0 Å². The number of aryl methyl sites for hydroxylation is 2. The van der Waals surface area contributed by atoms with E-state index in [-0.39, 0.29) is 16.9 Å². The van der Waals surface area contributed by atoms with Crippen LogP contribution in [0.3, 0.4) is 0 Å². The molecule has 0 unspecified atom stereocenters.